The summed E-state index contributed by atoms with van der Waals surface area (Å²) < 4.78 is 18.5. The molecule has 0 unspecified atom stereocenters. The second-order valence-corrected chi connectivity index (χ2v) is 7.49. The molecule has 2 N–H and O–H groups in total. The normalized spacial score (nSPS) is 11.7. The van der Waals surface area contributed by atoms with Crippen molar-refractivity contribution >= 4 is 28.6 Å². The Morgan fingerprint density at radius 1 is 0.879 bits per heavy atom. The number of nitrogens with one attached hydrogen (secondary N) is 2. The molecule has 4 aromatic rings. The Kier molecular flexibility index (Phi) is 6.59. The van der Waals surface area contributed by atoms with E-state index in [-0.39, 0.29) is 17.8 Å². The third-order valence-electron chi connectivity index (χ3n) is 5.24. The number of benzene rings is 3. The minimum Gasteiger partial charge on any atom is -0.456 e. The first-order valence-electron chi connectivity index (χ1n) is 10.4. The predicted octanol–water partition coefficient (Wildman–Crippen LogP) is 4.07. The van der Waals surface area contributed by atoms with E-state index in [0.29, 0.717) is 5.56 Å². The van der Waals surface area contributed by atoms with Gasteiger partial charge in [0.25, 0.3) is 5.91 Å². The first kappa shape index (κ1) is 22.0. The number of hydrogen-bond donors (Lipinski definition) is 2. The summed E-state index contributed by atoms with van der Waals surface area (Å²) >= 11 is 0. The molecule has 1 amide bonds. The van der Waals surface area contributed by atoms with Gasteiger partial charge in [0, 0.05) is 34.6 Å². The molecule has 1 aromatic heterocycles. The standard InChI is InChI=1S/C26H21FN2O4/c27-20-12-10-18(11-13-20)25(31)29-23(14-19-15-28-22-9-5-4-8-21(19)22)26(32)33-16-24(30)17-6-2-1-3-7-17/h1-13,15,23,28H,14,16H2,(H,29,31)/t23-/m0/s1. The smallest absolute Gasteiger partial charge is 0.329 e. The van der Waals surface area contributed by atoms with Crippen LogP contribution in [0.4, 0.5) is 4.39 Å². The molecule has 0 spiro atoms. The molecule has 6 nitrogen and oxygen atoms in total. The molecule has 0 fully saturated rings. The molecule has 0 aliphatic heterocycles. The van der Waals surface area contributed by atoms with E-state index >= 15 is 0 Å². The van der Waals surface area contributed by atoms with Gasteiger partial charge < -0.3 is 15.0 Å². The van der Waals surface area contributed by atoms with Crippen molar-refractivity contribution in [2.45, 2.75) is 12.5 Å². The van der Waals surface area contributed by atoms with E-state index in [9.17, 15) is 18.8 Å². The van der Waals surface area contributed by atoms with Gasteiger partial charge in [0.05, 0.1) is 0 Å². The van der Waals surface area contributed by atoms with Crippen molar-refractivity contribution in [3.8, 4) is 0 Å². The van der Waals surface area contributed by atoms with Crippen LogP contribution in [0.15, 0.2) is 85.1 Å². The first-order chi connectivity index (χ1) is 16.0. The number of H-pyrrole nitrogens is 1. The number of fused-ring (bicyclic) bond motifs is 1. The average Bonchev–Trinajstić information content (AvgIpc) is 3.25. The zero-order chi connectivity index (χ0) is 23.2. The van der Waals surface area contributed by atoms with Crippen molar-refractivity contribution in [3.63, 3.8) is 0 Å². The number of ketones is 1. The number of aromatic amines is 1. The first-order valence-corrected chi connectivity index (χ1v) is 10.4. The highest BCUT2D eigenvalue weighted by Crippen LogP contribution is 2.20. The van der Waals surface area contributed by atoms with Crippen LogP contribution in [0.2, 0.25) is 0 Å². The molecule has 166 valence electrons. The molecule has 3 aromatic carbocycles. The number of ether oxygens (including phenoxy) is 1. The summed E-state index contributed by atoms with van der Waals surface area (Å²) in [6, 6.07) is 20.0. The molecule has 0 saturated heterocycles. The van der Waals surface area contributed by atoms with Crippen molar-refractivity contribution in [2.24, 2.45) is 0 Å². The van der Waals surface area contributed by atoms with Gasteiger partial charge in [0.15, 0.2) is 12.4 Å². The van der Waals surface area contributed by atoms with Crippen LogP contribution in [0.25, 0.3) is 10.9 Å². The topological polar surface area (TPSA) is 88.3 Å². The van der Waals surface area contributed by atoms with E-state index < -0.39 is 30.3 Å². The van der Waals surface area contributed by atoms with Gasteiger partial charge in [0.1, 0.15) is 11.9 Å². The van der Waals surface area contributed by atoms with Crippen LogP contribution in [0, 0.1) is 5.82 Å². The SMILES string of the molecule is O=C(COC(=O)[C@H](Cc1c[nH]c2ccccc12)NC(=O)c1ccc(F)cc1)c1ccccc1. The van der Waals surface area contributed by atoms with Crippen LogP contribution in [0.3, 0.4) is 0 Å². The maximum atomic E-state index is 13.2. The summed E-state index contributed by atoms with van der Waals surface area (Å²) in [6.07, 6.45) is 1.92. The molecule has 1 heterocycles. The van der Waals surface area contributed by atoms with Gasteiger partial charge in [-0.15, -0.1) is 0 Å². The number of carbonyl (C=O) groups is 3. The number of para-hydroxylation sites is 1. The molecule has 0 aliphatic rings. The lowest BCUT2D eigenvalue weighted by Gasteiger charge is -2.17. The third-order valence-corrected chi connectivity index (χ3v) is 5.24. The molecule has 0 bridgehead atoms. The minimum absolute atomic E-state index is 0.148. The number of esters is 1. The van der Waals surface area contributed by atoms with E-state index in [2.05, 4.69) is 10.3 Å². The maximum Gasteiger partial charge on any atom is 0.329 e. The van der Waals surface area contributed by atoms with Crippen LogP contribution >= 0.6 is 0 Å². The monoisotopic (exact) mass is 444 g/mol. The van der Waals surface area contributed by atoms with Gasteiger partial charge in [-0.2, -0.15) is 0 Å². The number of halogens is 1. The number of amides is 1. The number of rotatable bonds is 8. The summed E-state index contributed by atoms with van der Waals surface area (Å²) in [7, 11) is 0. The van der Waals surface area contributed by atoms with Gasteiger partial charge in [-0.25, -0.2) is 9.18 Å². The number of aromatic nitrogens is 1. The molecule has 0 aliphatic carbocycles. The second kappa shape index (κ2) is 9.91. The van der Waals surface area contributed by atoms with E-state index in [1.54, 1.807) is 36.5 Å². The van der Waals surface area contributed by atoms with Crippen LogP contribution in [-0.4, -0.2) is 35.3 Å². The second-order valence-electron chi connectivity index (χ2n) is 7.49. The van der Waals surface area contributed by atoms with Crippen LogP contribution in [0.1, 0.15) is 26.3 Å². The lowest BCUT2D eigenvalue weighted by Crippen LogP contribution is -2.43. The van der Waals surface area contributed by atoms with Crippen LogP contribution in [0.5, 0.6) is 0 Å². The quantitative estimate of drug-likeness (QED) is 0.317. The van der Waals surface area contributed by atoms with Gasteiger partial charge >= 0.3 is 5.97 Å². The molecule has 1 atom stereocenters. The molecular weight excluding hydrogens is 423 g/mol. The van der Waals surface area contributed by atoms with Crippen molar-refractivity contribution < 1.29 is 23.5 Å². The summed E-state index contributed by atoms with van der Waals surface area (Å²) in [5.41, 5.74) is 2.33. The van der Waals surface area contributed by atoms with E-state index in [4.69, 9.17) is 4.74 Å². The Balaban J connectivity index is 1.52. The Bertz CT molecular complexity index is 1280. The zero-order valence-electron chi connectivity index (χ0n) is 17.6. The predicted molar refractivity (Wildman–Crippen MR) is 121 cm³/mol. The van der Waals surface area contributed by atoms with Crippen molar-refractivity contribution in [1.29, 1.82) is 0 Å². The number of hydrogen-bond acceptors (Lipinski definition) is 4. The maximum absolute atomic E-state index is 13.2. The molecule has 7 heteroatoms. The summed E-state index contributed by atoms with van der Waals surface area (Å²) in [4.78, 5) is 41.1. The van der Waals surface area contributed by atoms with Gasteiger partial charge in [-0.05, 0) is 35.9 Å². The van der Waals surface area contributed by atoms with E-state index in [0.717, 1.165) is 16.5 Å². The summed E-state index contributed by atoms with van der Waals surface area (Å²) in [5.74, 6) is -2.11. The van der Waals surface area contributed by atoms with Crippen LogP contribution < -0.4 is 5.32 Å². The van der Waals surface area contributed by atoms with E-state index in [1.807, 2.05) is 24.3 Å². The van der Waals surface area contributed by atoms with Crippen LogP contribution in [-0.2, 0) is 16.0 Å². The van der Waals surface area contributed by atoms with Crippen molar-refractivity contribution in [3.05, 3.63) is 108 Å². The fourth-order valence-corrected chi connectivity index (χ4v) is 3.50. The highest BCUT2D eigenvalue weighted by molar-refractivity contribution is 5.99. The largest absolute Gasteiger partial charge is 0.456 e. The highest BCUT2D eigenvalue weighted by atomic mass is 19.1. The fraction of sp³-hybridized carbons (Fsp3) is 0.115. The average molecular weight is 444 g/mol. The lowest BCUT2D eigenvalue weighted by molar-refractivity contribution is -0.144. The van der Waals surface area contributed by atoms with Gasteiger partial charge in [-0.3, -0.25) is 9.59 Å². The Hall–Kier alpha value is -4.26. The fourth-order valence-electron chi connectivity index (χ4n) is 3.50. The summed E-state index contributed by atoms with van der Waals surface area (Å²) in [5, 5.41) is 3.57. The Labute approximate surface area is 189 Å². The lowest BCUT2D eigenvalue weighted by atomic mass is 10.0. The van der Waals surface area contributed by atoms with E-state index in [1.165, 1.54) is 24.3 Å². The zero-order valence-corrected chi connectivity index (χ0v) is 17.6. The Morgan fingerprint density at radius 2 is 1.58 bits per heavy atom. The van der Waals surface area contributed by atoms with Gasteiger partial charge in [0.2, 0.25) is 0 Å². The third kappa shape index (κ3) is 5.33. The summed E-state index contributed by atoms with van der Waals surface area (Å²) in [6.45, 7) is -0.445. The van der Waals surface area contributed by atoms with Crippen molar-refractivity contribution in [2.75, 3.05) is 6.61 Å². The molecule has 0 radical (unpaired) electrons. The molecular formula is C26H21FN2O4. The van der Waals surface area contributed by atoms with Crippen molar-refractivity contribution in [1.82, 2.24) is 10.3 Å². The minimum atomic E-state index is -1.05. The van der Waals surface area contributed by atoms with Gasteiger partial charge in [-0.1, -0.05) is 48.5 Å². The molecule has 4 rings (SSSR count). The number of carbonyl (C=O) groups excluding carboxylic acids is 3. The number of Topliss-reactive ketones (excluding diaryl/α,β-unsaturated/α-hetero) is 1. The molecule has 0 saturated carbocycles. The Morgan fingerprint density at radius 3 is 2.33 bits per heavy atom. The molecule has 33 heavy (non-hydrogen) atoms. The highest BCUT2D eigenvalue weighted by Gasteiger charge is 2.25.